The van der Waals surface area contributed by atoms with Gasteiger partial charge in [-0.3, -0.25) is 14.4 Å². The van der Waals surface area contributed by atoms with Crippen molar-refractivity contribution in [3.05, 3.63) is 29.8 Å². The van der Waals surface area contributed by atoms with Crippen LogP contribution in [0.15, 0.2) is 24.3 Å². The highest BCUT2D eigenvalue weighted by Crippen LogP contribution is 2.21. The largest absolute Gasteiger partial charge is 0.349 e. The number of unbranched alkanes of at least 4 members (excludes halogenated alkanes) is 1. The Morgan fingerprint density at radius 3 is 2.52 bits per heavy atom. The number of likely N-dealkylation sites (tertiary alicyclic amines) is 1. The van der Waals surface area contributed by atoms with Crippen LogP contribution in [0.2, 0.25) is 0 Å². The number of carbonyl (C=O) groups excluding carboxylic acids is 3. The summed E-state index contributed by atoms with van der Waals surface area (Å²) < 4.78 is 0. The maximum atomic E-state index is 12.5. The summed E-state index contributed by atoms with van der Waals surface area (Å²) >= 11 is 0. The van der Waals surface area contributed by atoms with Crippen LogP contribution in [0.1, 0.15) is 62.2 Å². The molecule has 6 nitrogen and oxygen atoms in total. The fourth-order valence-corrected chi connectivity index (χ4v) is 3.80. The molecule has 0 aromatic heterocycles. The van der Waals surface area contributed by atoms with Gasteiger partial charge in [-0.05, 0) is 43.5 Å². The van der Waals surface area contributed by atoms with Crippen LogP contribution in [0, 0.1) is 5.92 Å². The van der Waals surface area contributed by atoms with E-state index in [1.54, 1.807) is 29.2 Å². The summed E-state index contributed by atoms with van der Waals surface area (Å²) in [4.78, 5) is 38.5. The fourth-order valence-electron chi connectivity index (χ4n) is 3.80. The van der Waals surface area contributed by atoms with E-state index in [2.05, 4.69) is 17.6 Å². The molecule has 0 spiro atoms. The molecule has 1 atom stereocenters. The summed E-state index contributed by atoms with van der Waals surface area (Å²) in [5, 5.41) is 5.93. The highest BCUT2D eigenvalue weighted by Gasteiger charge is 2.33. The van der Waals surface area contributed by atoms with Gasteiger partial charge in [0.15, 0.2) is 0 Å². The van der Waals surface area contributed by atoms with Gasteiger partial charge in [-0.25, -0.2) is 0 Å². The molecule has 27 heavy (non-hydrogen) atoms. The zero-order valence-electron chi connectivity index (χ0n) is 16.0. The van der Waals surface area contributed by atoms with Gasteiger partial charge in [-0.1, -0.05) is 26.2 Å². The third-order valence-electron chi connectivity index (χ3n) is 5.47. The summed E-state index contributed by atoms with van der Waals surface area (Å²) in [5.41, 5.74) is 1.25. The van der Waals surface area contributed by atoms with Gasteiger partial charge in [0.25, 0.3) is 5.91 Å². The SMILES string of the molecule is CCCCN1CC(C(=O)Nc2ccc(C(=O)NC3CCCC3)cc2)CC1=O. The summed E-state index contributed by atoms with van der Waals surface area (Å²) in [6.45, 7) is 3.30. The van der Waals surface area contributed by atoms with Crippen LogP contribution in [-0.4, -0.2) is 41.8 Å². The Morgan fingerprint density at radius 1 is 1.15 bits per heavy atom. The molecule has 6 heteroatoms. The molecule has 1 aliphatic carbocycles. The number of benzene rings is 1. The van der Waals surface area contributed by atoms with Gasteiger partial charge in [-0.15, -0.1) is 0 Å². The standard InChI is InChI=1S/C21H29N3O3/c1-2-3-12-24-14-16(13-19(24)25)21(27)23-18-10-8-15(9-11-18)20(26)22-17-6-4-5-7-17/h8-11,16-17H,2-7,12-14H2,1H3,(H,22,26)(H,23,27). The van der Waals surface area contributed by atoms with Crippen LogP contribution < -0.4 is 10.6 Å². The molecule has 1 heterocycles. The molecule has 1 saturated heterocycles. The Morgan fingerprint density at radius 2 is 1.85 bits per heavy atom. The Bertz CT molecular complexity index is 680. The predicted molar refractivity (Wildman–Crippen MR) is 104 cm³/mol. The molecule has 2 fully saturated rings. The summed E-state index contributed by atoms with van der Waals surface area (Å²) in [5.74, 6) is -0.444. The van der Waals surface area contributed by atoms with Crippen molar-refractivity contribution in [2.24, 2.45) is 5.92 Å². The van der Waals surface area contributed by atoms with Crippen LogP contribution in [-0.2, 0) is 9.59 Å². The molecule has 3 amide bonds. The van der Waals surface area contributed by atoms with Gasteiger partial charge in [0.05, 0.1) is 5.92 Å². The van der Waals surface area contributed by atoms with E-state index in [9.17, 15) is 14.4 Å². The van der Waals surface area contributed by atoms with Crippen molar-refractivity contribution in [3.63, 3.8) is 0 Å². The second-order valence-electron chi connectivity index (χ2n) is 7.62. The van der Waals surface area contributed by atoms with Gasteiger partial charge in [0.2, 0.25) is 11.8 Å². The van der Waals surface area contributed by atoms with Crippen LogP contribution in [0.4, 0.5) is 5.69 Å². The van der Waals surface area contributed by atoms with Crippen LogP contribution in [0.5, 0.6) is 0 Å². The zero-order valence-corrected chi connectivity index (χ0v) is 16.0. The normalized spacial score (nSPS) is 20.1. The van der Waals surface area contributed by atoms with Crippen molar-refractivity contribution in [2.75, 3.05) is 18.4 Å². The molecule has 1 unspecified atom stereocenters. The van der Waals surface area contributed by atoms with Gasteiger partial charge in [0, 0.05) is 36.8 Å². The first-order chi connectivity index (χ1) is 13.1. The van der Waals surface area contributed by atoms with Crippen LogP contribution in [0.25, 0.3) is 0 Å². The minimum atomic E-state index is -0.306. The Kier molecular flexibility index (Phi) is 6.48. The minimum absolute atomic E-state index is 0.0579. The second-order valence-corrected chi connectivity index (χ2v) is 7.62. The van der Waals surface area contributed by atoms with Crippen molar-refractivity contribution >= 4 is 23.4 Å². The van der Waals surface area contributed by atoms with Crippen molar-refractivity contribution in [3.8, 4) is 0 Å². The number of rotatable bonds is 7. The smallest absolute Gasteiger partial charge is 0.251 e. The molecule has 3 rings (SSSR count). The summed E-state index contributed by atoms with van der Waals surface area (Å²) in [6.07, 6.45) is 6.72. The average Bonchev–Trinajstić information content (AvgIpc) is 3.30. The van der Waals surface area contributed by atoms with E-state index < -0.39 is 0 Å². The van der Waals surface area contributed by atoms with Gasteiger partial charge < -0.3 is 15.5 Å². The Balaban J connectivity index is 1.51. The lowest BCUT2D eigenvalue weighted by Gasteiger charge is -2.16. The van der Waals surface area contributed by atoms with Crippen molar-refractivity contribution in [2.45, 2.75) is 57.9 Å². The lowest BCUT2D eigenvalue weighted by molar-refractivity contribution is -0.128. The summed E-state index contributed by atoms with van der Waals surface area (Å²) in [7, 11) is 0. The first kappa shape index (κ1) is 19.4. The molecule has 0 radical (unpaired) electrons. The molecular formula is C21H29N3O3. The highest BCUT2D eigenvalue weighted by molar-refractivity contribution is 5.98. The van der Waals surface area contributed by atoms with E-state index in [4.69, 9.17) is 0 Å². The lowest BCUT2D eigenvalue weighted by atomic mass is 10.1. The van der Waals surface area contributed by atoms with Gasteiger partial charge >= 0.3 is 0 Å². The molecule has 1 saturated carbocycles. The number of nitrogens with one attached hydrogen (secondary N) is 2. The van der Waals surface area contributed by atoms with Crippen molar-refractivity contribution in [1.29, 1.82) is 0 Å². The number of hydrogen-bond donors (Lipinski definition) is 2. The van der Waals surface area contributed by atoms with Crippen molar-refractivity contribution in [1.82, 2.24) is 10.2 Å². The monoisotopic (exact) mass is 371 g/mol. The average molecular weight is 371 g/mol. The maximum Gasteiger partial charge on any atom is 0.251 e. The molecule has 1 aromatic rings. The van der Waals surface area contributed by atoms with E-state index in [1.165, 1.54) is 12.8 Å². The maximum absolute atomic E-state index is 12.5. The first-order valence-electron chi connectivity index (χ1n) is 10.1. The number of carbonyl (C=O) groups is 3. The number of hydrogen-bond acceptors (Lipinski definition) is 3. The Labute approximate surface area is 160 Å². The molecular weight excluding hydrogens is 342 g/mol. The minimum Gasteiger partial charge on any atom is -0.349 e. The van der Waals surface area contributed by atoms with Crippen molar-refractivity contribution < 1.29 is 14.4 Å². The number of amides is 3. The molecule has 1 aromatic carbocycles. The first-order valence-corrected chi connectivity index (χ1v) is 10.1. The number of anilines is 1. The molecule has 2 N–H and O–H groups in total. The summed E-state index contributed by atoms with van der Waals surface area (Å²) in [6, 6.07) is 7.23. The van der Waals surface area contributed by atoms with Gasteiger partial charge in [-0.2, -0.15) is 0 Å². The molecule has 0 bridgehead atoms. The van der Waals surface area contributed by atoms with Gasteiger partial charge in [0.1, 0.15) is 0 Å². The van der Waals surface area contributed by atoms with Crippen LogP contribution in [0.3, 0.4) is 0 Å². The van der Waals surface area contributed by atoms with E-state index in [-0.39, 0.29) is 36.1 Å². The van der Waals surface area contributed by atoms with E-state index >= 15 is 0 Å². The van der Waals surface area contributed by atoms with E-state index in [1.807, 2.05) is 0 Å². The van der Waals surface area contributed by atoms with Crippen LogP contribution >= 0.6 is 0 Å². The molecule has 1 aliphatic heterocycles. The highest BCUT2D eigenvalue weighted by atomic mass is 16.2. The third kappa shape index (κ3) is 5.08. The number of nitrogens with zero attached hydrogens (tertiary/aromatic N) is 1. The topological polar surface area (TPSA) is 78.5 Å². The predicted octanol–water partition coefficient (Wildman–Crippen LogP) is 2.95. The Hall–Kier alpha value is -2.37. The molecule has 2 aliphatic rings. The fraction of sp³-hybridized carbons (Fsp3) is 0.571. The van der Waals surface area contributed by atoms with E-state index in [0.29, 0.717) is 17.8 Å². The zero-order chi connectivity index (χ0) is 19.2. The van der Waals surface area contributed by atoms with E-state index in [0.717, 1.165) is 32.2 Å². The second kappa shape index (κ2) is 9.02. The lowest BCUT2D eigenvalue weighted by Crippen LogP contribution is -2.32. The quantitative estimate of drug-likeness (QED) is 0.773. The third-order valence-corrected chi connectivity index (χ3v) is 5.47. The molecule has 146 valence electrons.